The van der Waals surface area contributed by atoms with E-state index >= 15 is 0 Å². The molecule has 0 bridgehead atoms. The quantitative estimate of drug-likeness (QED) is 0.546. The molecular weight excluding hydrogens is 478 g/mol. The number of aromatic nitrogens is 4. The lowest BCUT2D eigenvalue weighted by Gasteiger charge is -2.24. The first-order chi connectivity index (χ1) is 16.2. The Kier molecular flexibility index (Phi) is 6.81. The lowest BCUT2D eigenvalue weighted by molar-refractivity contribution is 0.0949. The van der Waals surface area contributed by atoms with Crippen molar-refractivity contribution in [2.75, 3.05) is 24.2 Å². The maximum atomic E-state index is 12.8. The Morgan fingerprint density at radius 1 is 1.21 bits per heavy atom. The Hall–Kier alpha value is -3.49. The zero-order valence-corrected chi connectivity index (χ0v) is 20.0. The van der Waals surface area contributed by atoms with E-state index in [2.05, 4.69) is 25.3 Å². The van der Waals surface area contributed by atoms with Gasteiger partial charge in [-0.3, -0.25) is 4.79 Å². The summed E-state index contributed by atoms with van der Waals surface area (Å²) < 4.78 is 25.3. The van der Waals surface area contributed by atoms with Crippen molar-refractivity contribution in [2.45, 2.75) is 30.7 Å². The minimum Gasteiger partial charge on any atom is -0.345 e. The van der Waals surface area contributed by atoms with E-state index in [1.165, 1.54) is 29.1 Å². The Bertz CT molecular complexity index is 1360. The van der Waals surface area contributed by atoms with Gasteiger partial charge < -0.3 is 10.2 Å². The number of sulfone groups is 1. The van der Waals surface area contributed by atoms with E-state index in [0.717, 1.165) is 38.6 Å². The number of nitriles is 1. The SMILES string of the molecule is CS(=O)(=O)c1cc(Cl)cc(C(=O)NCc2nc(N3CCCCC3)nn2-c2ccc(C#N)cn2)c1. The highest BCUT2D eigenvalue weighted by atomic mass is 35.5. The molecular formula is C22H22ClN7O3S. The Morgan fingerprint density at radius 2 is 1.97 bits per heavy atom. The highest BCUT2D eigenvalue weighted by molar-refractivity contribution is 7.90. The number of halogens is 1. The highest BCUT2D eigenvalue weighted by Crippen LogP contribution is 2.21. The minimum atomic E-state index is -3.53. The molecule has 1 N–H and O–H groups in total. The van der Waals surface area contributed by atoms with Gasteiger partial charge in [-0.15, -0.1) is 5.10 Å². The lowest BCUT2D eigenvalue weighted by atomic mass is 10.1. The van der Waals surface area contributed by atoms with Crippen molar-refractivity contribution in [1.82, 2.24) is 25.1 Å². The largest absolute Gasteiger partial charge is 0.345 e. The fraction of sp³-hybridized carbons (Fsp3) is 0.318. The zero-order chi connectivity index (χ0) is 24.3. The molecule has 1 aliphatic rings. The normalized spacial score (nSPS) is 14.0. The van der Waals surface area contributed by atoms with E-state index in [4.69, 9.17) is 16.9 Å². The van der Waals surface area contributed by atoms with Crippen molar-refractivity contribution < 1.29 is 13.2 Å². The molecule has 3 aromatic rings. The predicted octanol–water partition coefficient (Wildman–Crippen LogP) is 2.51. The monoisotopic (exact) mass is 499 g/mol. The van der Waals surface area contributed by atoms with Gasteiger partial charge in [0.25, 0.3) is 5.91 Å². The first-order valence-corrected chi connectivity index (χ1v) is 12.9. The third-order valence-corrected chi connectivity index (χ3v) is 6.67. The molecule has 1 aliphatic heterocycles. The molecule has 0 radical (unpaired) electrons. The second kappa shape index (κ2) is 9.79. The number of piperidine rings is 1. The maximum Gasteiger partial charge on any atom is 0.251 e. The summed E-state index contributed by atoms with van der Waals surface area (Å²) in [5.41, 5.74) is 0.532. The van der Waals surface area contributed by atoms with Crippen LogP contribution in [0.2, 0.25) is 5.02 Å². The molecule has 1 saturated heterocycles. The maximum absolute atomic E-state index is 12.8. The van der Waals surface area contributed by atoms with Crippen LogP contribution in [-0.2, 0) is 16.4 Å². The van der Waals surface area contributed by atoms with Gasteiger partial charge in [0, 0.05) is 36.1 Å². The Morgan fingerprint density at radius 3 is 2.62 bits per heavy atom. The van der Waals surface area contributed by atoms with Crippen molar-refractivity contribution in [3.05, 3.63) is 58.5 Å². The molecule has 4 rings (SSSR count). The third-order valence-electron chi connectivity index (χ3n) is 5.36. The van der Waals surface area contributed by atoms with Crippen LogP contribution in [0.25, 0.3) is 5.82 Å². The predicted molar refractivity (Wildman–Crippen MR) is 126 cm³/mol. The number of amides is 1. The van der Waals surface area contributed by atoms with Crippen LogP contribution in [-0.4, -0.2) is 53.4 Å². The summed E-state index contributed by atoms with van der Waals surface area (Å²) in [5, 5.41) is 16.5. The summed E-state index contributed by atoms with van der Waals surface area (Å²) in [5.74, 6) is 0.934. The molecule has 0 aliphatic carbocycles. The lowest BCUT2D eigenvalue weighted by Crippen LogP contribution is -2.30. The summed E-state index contributed by atoms with van der Waals surface area (Å²) >= 11 is 6.03. The minimum absolute atomic E-state index is 0.0159. The molecule has 12 heteroatoms. The molecule has 3 heterocycles. The number of rotatable bonds is 6. The number of nitrogens with zero attached hydrogens (tertiary/aromatic N) is 6. The van der Waals surface area contributed by atoms with E-state index in [-0.39, 0.29) is 22.0 Å². The molecule has 2 aromatic heterocycles. The van der Waals surface area contributed by atoms with Crippen LogP contribution >= 0.6 is 11.6 Å². The van der Waals surface area contributed by atoms with Crippen molar-refractivity contribution in [3.8, 4) is 11.9 Å². The Labute approximate surface area is 202 Å². The first-order valence-electron chi connectivity index (χ1n) is 10.6. The number of benzene rings is 1. The van der Waals surface area contributed by atoms with Gasteiger partial charge in [-0.2, -0.15) is 14.9 Å². The molecule has 10 nitrogen and oxygen atoms in total. The number of pyridine rings is 1. The average Bonchev–Trinajstić information content (AvgIpc) is 3.26. The fourth-order valence-electron chi connectivity index (χ4n) is 3.60. The molecule has 0 spiro atoms. The highest BCUT2D eigenvalue weighted by Gasteiger charge is 2.21. The van der Waals surface area contributed by atoms with Gasteiger partial charge >= 0.3 is 0 Å². The van der Waals surface area contributed by atoms with Gasteiger partial charge in [0.15, 0.2) is 21.5 Å². The summed E-state index contributed by atoms with van der Waals surface area (Å²) in [6.07, 6.45) is 5.75. The van der Waals surface area contributed by atoms with Gasteiger partial charge in [-0.1, -0.05) is 11.6 Å². The second-order valence-electron chi connectivity index (χ2n) is 7.93. The van der Waals surface area contributed by atoms with Gasteiger partial charge in [0.2, 0.25) is 5.95 Å². The van der Waals surface area contributed by atoms with E-state index in [1.807, 2.05) is 6.07 Å². The van der Waals surface area contributed by atoms with Crippen LogP contribution in [0.3, 0.4) is 0 Å². The standard InChI is InChI=1S/C22H22ClN7O3S/c1-34(32,33)18-10-16(9-17(23)11-18)21(31)26-14-20-27-22(29-7-3-2-4-8-29)28-30(20)19-6-5-15(12-24)13-25-19/h5-6,9-11,13H,2-4,7-8,14H2,1H3,(H,26,31). The third kappa shape index (κ3) is 5.35. The van der Waals surface area contributed by atoms with Crippen molar-refractivity contribution in [3.63, 3.8) is 0 Å². The molecule has 0 atom stereocenters. The topological polar surface area (TPSA) is 134 Å². The van der Waals surface area contributed by atoms with Crippen molar-refractivity contribution in [2.24, 2.45) is 0 Å². The van der Waals surface area contributed by atoms with Crippen LogP contribution in [0.5, 0.6) is 0 Å². The van der Waals surface area contributed by atoms with Gasteiger partial charge in [0.1, 0.15) is 6.07 Å². The van der Waals surface area contributed by atoms with Crippen LogP contribution in [0.1, 0.15) is 41.0 Å². The van der Waals surface area contributed by atoms with E-state index in [0.29, 0.717) is 23.2 Å². The van der Waals surface area contributed by atoms with Crippen LogP contribution < -0.4 is 10.2 Å². The number of anilines is 1. The number of carbonyl (C=O) groups excluding carboxylic acids is 1. The van der Waals surface area contributed by atoms with Crippen LogP contribution in [0.4, 0.5) is 5.95 Å². The summed E-state index contributed by atoms with van der Waals surface area (Å²) in [6, 6.07) is 9.30. The van der Waals surface area contributed by atoms with E-state index < -0.39 is 15.7 Å². The number of nitrogens with one attached hydrogen (secondary N) is 1. The van der Waals surface area contributed by atoms with Crippen LogP contribution in [0, 0.1) is 11.3 Å². The van der Waals surface area contributed by atoms with Gasteiger partial charge in [-0.25, -0.2) is 13.4 Å². The number of carbonyl (C=O) groups is 1. The van der Waals surface area contributed by atoms with Crippen LogP contribution in [0.15, 0.2) is 41.4 Å². The molecule has 34 heavy (non-hydrogen) atoms. The van der Waals surface area contributed by atoms with E-state index in [9.17, 15) is 13.2 Å². The molecule has 1 amide bonds. The smallest absolute Gasteiger partial charge is 0.251 e. The first kappa shape index (κ1) is 23.7. The van der Waals surface area contributed by atoms with Gasteiger partial charge in [-0.05, 0) is 49.6 Å². The molecule has 0 unspecified atom stereocenters. The van der Waals surface area contributed by atoms with Gasteiger partial charge in [0.05, 0.1) is 17.0 Å². The number of hydrogen-bond donors (Lipinski definition) is 1. The summed E-state index contributed by atoms with van der Waals surface area (Å²) in [7, 11) is -3.53. The summed E-state index contributed by atoms with van der Waals surface area (Å²) in [6.45, 7) is 1.70. The molecule has 1 fully saturated rings. The average molecular weight is 500 g/mol. The molecule has 176 valence electrons. The summed E-state index contributed by atoms with van der Waals surface area (Å²) in [4.78, 5) is 23.8. The zero-order valence-electron chi connectivity index (χ0n) is 18.4. The molecule has 0 saturated carbocycles. The fourth-order valence-corrected chi connectivity index (χ4v) is 4.59. The Balaban J connectivity index is 1.61. The van der Waals surface area contributed by atoms with E-state index in [1.54, 1.807) is 12.1 Å². The van der Waals surface area contributed by atoms with Crippen molar-refractivity contribution >= 4 is 33.3 Å². The second-order valence-corrected chi connectivity index (χ2v) is 10.4. The molecule has 1 aromatic carbocycles. The van der Waals surface area contributed by atoms with Crippen molar-refractivity contribution in [1.29, 1.82) is 5.26 Å². The number of hydrogen-bond acceptors (Lipinski definition) is 8.